The average molecular weight is 298 g/mol. The molecule has 1 heterocycles. The Morgan fingerprint density at radius 3 is 2.47 bits per heavy atom. The van der Waals surface area contributed by atoms with Gasteiger partial charge in [-0.15, -0.1) is 5.10 Å². The van der Waals surface area contributed by atoms with Crippen LogP contribution in [0.2, 0.25) is 10.0 Å². The highest BCUT2D eigenvalue weighted by molar-refractivity contribution is 6.39. The number of halogens is 2. The molecule has 0 aliphatic heterocycles. The monoisotopic (exact) mass is 297 g/mol. The first-order valence-corrected chi connectivity index (χ1v) is 6.49. The van der Waals surface area contributed by atoms with Crippen LogP contribution in [0.4, 0.5) is 17.5 Å². The second kappa shape index (κ2) is 6.04. The lowest BCUT2D eigenvalue weighted by Gasteiger charge is -2.11. The van der Waals surface area contributed by atoms with Gasteiger partial charge in [0, 0.05) is 6.04 Å². The Morgan fingerprint density at radius 2 is 1.84 bits per heavy atom. The van der Waals surface area contributed by atoms with Crippen LogP contribution in [0.1, 0.15) is 13.8 Å². The molecule has 0 atom stereocenters. The van der Waals surface area contributed by atoms with E-state index in [2.05, 4.69) is 25.8 Å². The molecule has 0 aliphatic rings. The van der Waals surface area contributed by atoms with Crippen molar-refractivity contribution in [3.05, 3.63) is 34.4 Å². The van der Waals surface area contributed by atoms with Gasteiger partial charge in [0.1, 0.15) is 0 Å². The van der Waals surface area contributed by atoms with E-state index in [9.17, 15) is 0 Å². The van der Waals surface area contributed by atoms with Gasteiger partial charge >= 0.3 is 0 Å². The minimum Gasteiger partial charge on any atom is -0.351 e. The first-order chi connectivity index (χ1) is 9.06. The van der Waals surface area contributed by atoms with Crippen LogP contribution in [0.5, 0.6) is 0 Å². The summed E-state index contributed by atoms with van der Waals surface area (Å²) in [6.45, 7) is 3.99. The summed E-state index contributed by atoms with van der Waals surface area (Å²) in [7, 11) is 0. The van der Waals surface area contributed by atoms with Crippen molar-refractivity contribution < 1.29 is 0 Å². The van der Waals surface area contributed by atoms with Gasteiger partial charge in [0.15, 0.2) is 5.82 Å². The summed E-state index contributed by atoms with van der Waals surface area (Å²) >= 11 is 12.2. The molecule has 1 aromatic carbocycles. The van der Waals surface area contributed by atoms with E-state index in [-0.39, 0.29) is 6.04 Å². The van der Waals surface area contributed by atoms with E-state index < -0.39 is 0 Å². The Hall–Kier alpha value is -1.59. The van der Waals surface area contributed by atoms with Gasteiger partial charge in [0.2, 0.25) is 5.95 Å². The maximum absolute atomic E-state index is 6.08. The Balaban J connectivity index is 2.24. The molecule has 0 radical (unpaired) electrons. The topological polar surface area (TPSA) is 62.7 Å². The summed E-state index contributed by atoms with van der Waals surface area (Å²) in [6.07, 6.45) is 1.51. The number of anilines is 3. The molecule has 2 aromatic rings. The molecule has 2 N–H and O–H groups in total. The van der Waals surface area contributed by atoms with Crippen molar-refractivity contribution in [2.45, 2.75) is 19.9 Å². The molecule has 0 fully saturated rings. The van der Waals surface area contributed by atoms with Crippen molar-refractivity contribution in [3.63, 3.8) is 0 Å². The highest BCUT2D eigenvalue weighted by Crippen LogP contribution is 2.31. The molecule has 0 bridgehead atoms. The minimum absolute atomic E-state index is 0.223. The van der Waals surface area contributed by atoms with Crippen molar-refractivity contribution >= 4 is 40.7 Å². The van der Waals surface area contributed by atoms with Crippen LogP contribution in [0.25, 0.3) is 0 Å². The van der Waals surface area contributed by atoms with Gasteiger partial charge in [-0.05, 0) is 26.0 Å². The maximum atomic E-state index is 6.08. The average Bonchev–Trinajstić information content (AvgIpc) is 2.34. The van der Waals surface area contributed by atoms with Crippen LogP contribution >= 0.6 is 23.2 Å². The number of nitrogens with zero attached hydrogens (tertiary/aromatic N) is 3. The quantitative estimate of drug-likeness (QED) is 0.900. The van der Waals surface area contributed by atoms with Crippen molar-refractivity contribution in [1.82, 2.24) is 15.2 Å². The summed E-state index contributed by atoms with van der Waals surface area (Å²) in [5.74, 6) is 0.969. The molecule has 1 aromatic heterocycles. The lowest BCUT2D eigenvalue weighted by molar-refractivity contribution is 0.852. The molecule has 100 valence electrons. The number of nitrogens with one attached hydrogen (secondary N) is 2. The van der Waals surface area contributed by atoms with Gasteiger partial charge in [-0.2, -0.15) is 10.1 Å². The second-order valence-electron chi connectivity index (χ2n) is 4.19. The summed E-state index contributed by atoms with van der Waals surface area (Å²) in [6, 6.07) is 5.50. The van der Waals surface area contributed by atoms with Crippen molar-refractivity contribution in [2.75, 3.05) is 10.6 Å². The largest absolute Gasteiger partial charge is 0.351 e. The molecule has 0 saturated carbocycles. The standard InChI is InChI=1S/C12H13Cl2N5/c1-7(2)16-12-18-10(6-15-19-12)17-11-8(13)4-3-5-9(11)14/h3-7H,1-2H3,(H2,16,17,18,19). The van der Waals surface area contributed by atoms with E-state index in [0.29, 0.717) is 27.5 Å². The molecule has 0 spiro atoms. The zero-order valence-corrected chi connectivity index (χ0v) is 12.0. The molecule has 19 heavy (non-hydrogen) atoms. The number of hydrogen-bond donors (Lipinski definition) is 2. The lowest BCUT2D eigenvalue weighted by Crippen LogP contribution is -2.13. The van der Waals surface area contributed by atoms with Crippen LogP contribution in [0.3, 0.4) is 0 Å². The van der Waals surface area contributed by atoms with E-state index in [1.807, 2.05) is 13.8 Å². The van der Waals surface area contributed by atoms with Crippen molar-refractivity contribution in [1.29, 1.82) is 0 Å². The van der Waals surface area contributed by atoms with Gasteiger partial charge in [-0.25, -0.2) is 0 Å². The van der Waals surface area contributed by atoms with Crippen LogP contribution in [0, 0.1) is 0 Å². The molecular formula is C12H13Cl2N5. The predicted octanol–water partition coefficient (Wildman–Crippen LogP) is 3.74. The highest BCUT2D eigenvalue weighted by atomic mass is 35.5. The highest BCUT2D eigenvalue weighted by Gasteiger charge is 2.08. The molecule has 7 heteroatoms. The molecule has 0 aliphatic carbocycles. The molecule has 5 nitrogen and oxygen atoms in total. The molecule has 2 rings (SSSR count). The summed E-state index contributed by atoms with van der Waals surface area (Å²) in [4.78, 5) is 4.28. The van der Waals surface area contributed by atoms with E-state index >= 15 is 0 Å². The third-order valence-electron chi connectivity index (χ3n) is 2.19. The SMILES string of the molecule is CC(C)Nc1nncc(Nc2c(Cl)cccc2Cl)n1. The van der Waals surface area contributed by atoms with E-state index in [1.165, 1.54) is 6.20 Å². The second-order valence-corrected chi connectivity index (χ2v) is 5.00. The van der Waals surface area contributed by atoms with Gasteiger partial charge < -0.3 is 10.6 Å². The van der Waals surface area contributed by atoms with Crippen LogP contribution in [0.15, 0.2) is 24.4 Å². The Kier molecular flexibility index (Phi) is 4.39. The Labute approximate surface area is 121 Å². The zero-order chi connectivity index (χ0) is 13.8. The fraction of sp³-hybridized carbons (Fsp3) is 0.250. The number of aromatic nitrogens is 3. The Morgan fingerprint density at radius 1 is 1.16 bits per heavy atom. The first kappa shape index (κ1) is 13.8. The van der Waals surface area contributed by atoms with Gasteiger partial charge in [0.05, 0.1) is 21.9 Å². The number of rotatable bonds is 4. The van der Waals surface area contributed by atoms with Crippen LogP contribution in [-0.4, -0.2) is 21.2 Å². The van der Waals surface area contributed by atoms with Crippen molar-refractivity contribution in [3.8, 4) is 0 Å². The summed E-state index contributed by atoms with van der Waals surface area (Å²) in [5, 5.41) is 14.9. The van der Waals surface area contributed by atoms with E-state index in [4.69, 9.17) is 23.2 Å². The van der Waals surface area contributed by atoms with Crippen LogP contribution < -0.4 is 10.6 Å². The normalized spacial score (nSPS) is 10.6. The maximum Gasteiger partial charge on any atom is 0.244 e. The van der Waals surface area contributed by atoms with Crippen molar-refractivity contribution in [2.24, 2.45) is 0 Å². The molecule has 0 saturated heterocycles. The van der Waals surface area contributed by atoms with E-state index in [1.54, 1.807) is 18.2 Å². The molecule has 0 unspecified atom stereocenters. The third kappa shape index (κ3) is 3.68. The number of hydrogen-bond acceptors (Lipinski definition) is 5. The Bertz CT molecular complexity index is 554. The third-order valence-corrected chi connectivity index (χ3v) is 2.82. The number of para-hydroxylation sites is 1. The zero-order valence-electron chi connectivity index (χ0n) is 10.5. The van der Waals surface area contributed by atoms with Gasteiger partial charge in [-0.1, -0.05) is 29.3 Å². The van der Waals surface area contributed by atoms with Gasteiger partial charge in [0.25, 0.3) is 0 Å². The predicted molar refractivity (Wildman–Crippen MR) is 78.3 cm³/mol. The molecule has 0 amide bonds. The van der Waals surface area contributed by atoms with E-state index in [0.717, 1.165) is 0 Å². The molecular weight excluding hydrogens is 285 g/mol. The fourth-order valence-corrected chi connectivity index (χ4v) is 1.92. The summed E-state index contributed by atoms with van der Waals surface area (Å²) < 4.78 is 0. The minimum atomic E-state index is 0.223. The lowest BCUT2D eigenvalue weighted by atomic mass is 10.3. The number of benzene rings is 1. The first-order valence-electron chi connectivity index (χ1n) is 5.73. The van der Waals surface area contributed by atoms with Gasteiger partial charge in [-0.3, -0.25) is 0 Å². The fourth-order valence-electron chi connectivity index (χ4n) is 1.43. The van der Waals surface area contributed by atoms with Crippen LogP contribution in [-0.2, 0) is 0 Å². The summed E-state index contributed by atoms with van der Waals surface area (Å²) in [5.41, 5.74) is 0.599. The smallest absolute Gasteiger partial charge is 0.244 e.